The fourth-order valence-electron chi connectivity index (χ4n) is 3.26. The van der Waals surface area contributed by atoms with Crippen LogP contribution in [0.4, 0.5) is 0 Å². The molecule has 1 heterocycles. The quantitative estimate of drug-likeness (QED) is 0.536. The van der Waals surface area contributed by atoms with E-state index in [4.69, 9.17) is 4.74 Å². The van der Waals surface area contributed by atoms with Crippen molar-refractivity contribution in [2.45, 2.75) is 25.8 Å². The molecule has 0 saturated carbocycles. The van der Waals surface area contributed by atoms with Crippen LogP contribution in [0.1, 0.15) is 40.5 Å². The lowest BCUT2D eigenvalue weighted by Crippen LogP contribution is -2.46. The zero-order valence-corrected chi connectivity index (χ0v) is 15.9. The number of amides is 2. The molecule has 0 bridgehead atoms. The van der Waals surface area contributed by atoms with Gasteiger partial charge < -0.3 is 25.2 Å². The molecule has 2 amide bonds. The normalized spacial score (nSPS) is 14.3. The minimum absolute atomic E-state index is 0.0958. The van der Waals surface area contributed by atoms with Crippen molar-refractivity contribution in [3.63, 3.8) is 0 Å². The van der Waals surface area contributed by atoms with Gasteiger partial charge in [-0.15, -0.1) is 0 Å². The first-order valence-electron chi connectivity index (χ1n) is 9.23. The maximum atomic E-state index is 12.6. The van der Waals surface area contributed by atoms with Crippen molar-refractivity contribution in [1.82, 2.24) is 10.2 Å². The van der Waals surface area contributed by atoms with E-state index in [0.29, 0.717) is 37.2 Å². The summed E-state index contributed by atoms with van der Waals surface area (Å²) in [6, 6.07) is 10.1. The van der Waals surface area contributed by atoms with Gasteiger partial charge in [0, 0.05) is 43.2 Å². The number of esters is 1. The van der Waals surface area contributed by atoms with Gasteiger partial charge in [-0.2, -0.15) is 0 Å². The summed E-state index contributed by atoms with van der Waals surface area (Å²) in [4.78, 5) is 37.7. The monoisotopic (exact) mass is 398 g/mol. The molecule has 3 N–H and O–H groups in total. The van der Waals surface area contributed by atoms with Gasteiger partial charge in [-0.05, 0) is 43.2 Å². The van der Waals surface area contributed by atoms with Crippen molar-refractivity contribution < 1.29 is 29.3 Å². The Morgan fingerprint density at radius 2 is 1.66 bits per heavy atom. The Morgan fingerprint density at radius 3 is 2.28 bits per heavy atom. The number of carbonyl (C=O) groups is 3. The lowest BCUT2D eigenvalue weighted by Gasteiger charge is -2.32. The molecule has 8 heteroatoms. The first-order chi connectivity index (χ1) is 13.8. The predicted molar refractivity (Wildman–Crippen MR) is 104 cm³/mol. The van der Waals surface area contributed by atoms with Gasteiger partial charge in [-0.25, -0.2) is 0 Å². The molecule has 152 valence electrons. The molecule has 0 radical (unpaired) electrons. The Hall–Kier alpha value is -3.55. The number of hydrogen-bond acceptors (Lipinski definition) is 6. The Morgan fingerprint density at radius 1 is 1.00 bits per heavy atom. The van der Waals surface area contributed by atoms with Gasteiger partial charge >= 0.3 is 5.97 Å². The molecule has 1 aliphatic rings. The first-order valence-corrected chi connectivity index (χ1v) is 9.23. The molecule has 1 saturated heterocycles. The highest BCUT2D eigenvalue weighted by atomic mass is 16.5. The van der Waals surface area contributed by atoms with Crippen LogP contribution in [-0.4, -0.2) is 52.0 Å². The molecule has 1 aliphatic heterocycles. The van der Waals surface area contributed by atoms with E-state index in [-0.39, 0.29) is 34.9 Å². The Labute approximate surface area is 167 Å². The number of phenolic OH excluding ortho intramolecular Hbond substituents is 2. The molecule has 0 unspecified atom stereocenters. The van der Waals surface area contributed by atoms with Gasteiger partial charge in [0.1, 0.15) is 17.2 Å². The van der Waals surface area contributed by atoms with Crippen LogP contribution in [0.25, 0.3) is 0 Å². The summed E-state index contributed by atoms with van der Waals surface area (Å²) >= 11 is 0. The Kier molecular flexibility index (Phi) is 6.01. The summed E-state index contributed by atoms with van der Waals surface area (Å²) in [6.07, 6.45) is 1.15. The second-order valence-electron chi connectivity index (χ2n) is 6.90. The summed E-state index contributed by atoms with van der Waals surface area (Å²) in [7, 11) is 0. The average molecular weight is 398 g/mol. The number of phenols is 2. The molecule has 0 atom stereocenters. The topological polar surface area (TPSA) is 116 Å². The van der Waals surface area contributed by atoms with Crippen molar-refractivity contribution in [3.05, 3.63) is 53.6 Å². The molecule has 1 fully saturated rings. The third-order valence-electron chi connectivity index (χ3n) is 4.62. The van der Waals surface area contributed by atoms with Gasteiger partial charge in [0.25, 0.3) is 11.8 Å². The van der Waals surface area contributed by atoms with E-state index in [1.807, 2.05) is 0 Å². The van der Waals surface area contributed by atoms with Crippen LogP contribution in [0.3, 0.4) is 0 Å². The number of ether oxygens (including phenoxy) is 1. The number of benzene rings is 2. The summed E-state index contributed by atoms with van der Waals surface area (Å²) in [5.41, 5.74) is 0.602. The maximum absolute atomic E-state index is 12.6. The average Bonchev–Trinajstić information content (AvgIpc) is 2.67. The van der Waals surface area contributed by atoms with Crippen molar-refractivity contribution in [1.29, 1.82) is 0 Å². The van der Waals surface area contributed by atoms with Gasteiger partial charge in [0.05, 0.1) is 0 Å². The van der Waals surface area contributed by atoms with Gasteiger partial charge in [-0.3, -0.25) is 14.4 Å². The lowest BCUT2D eigenvalue weighted by molar-refractivity contribution is -0.131. The van der Waals surface area contributed by atoms with E-state index in [1.165, 1.54) is 25.1 Å². The molecular weight excluding hydrogens is 376 g/mol. The molecular formula is C21H22N2O6. The van der Waals surface area contributed by atoms with Crippen molar-refractivity contribution in [2.75, 3.05) is 13.1 Å². The molecule has 29 heavy (non-hydrogen) atoms. The smallest absolute Gasteiger partial charge is 0.308 e. The minimum Gasteiger partial charge on any atom is -0.508 e. The highest BCUT2D eigenvalue weighted by Crippen LogP contribution is 2.23. The molecule has 0 spiro atoms. The summed E-state index contributed by atoms with van der Waals surface area (Å²) in [5, 5.41) is 22.0. The fraction of sp³-hybridized carbons (Fsp3) is 0.286. The van der Waals surface area contributed by atoms with Crippen molar-refractivity contribution in [2.24, 2.45) is 0 Å². The first kappa shape index (κ1) is 20.2. The van der Waals surface area contributed by atoms with Gasteiger partial charge in [0.15, 0.2) is 0 Å². The summed E-state index contributed by atoms with van der Waals surface area (Å²) < 4.78 is 5.00. The highest BCUT2D eigenvalue weighted by Gasteiger charge is 2.25. The molecule has 8 nitrogen and oxygen atoms in total. The number of aromatic hydroxyl groups is 2. The number of carbonyl (C=O) groups excluding carboxylic acids is 3. The van der Waals surface area contributed by atoms with Crippen LogP contribution in [0.5, 0.6) is 17.2 Å². The van der Waals surface area contributed by atoms with E-state index < -0.39 is 5.97 Å². The number of rotatable bonds is 4. The van der Waals surface area contributed by atoms with Gasteiger partial charge in [-0.1, -0.05) is 6.07 Å². The summed E-state index contributed by atoms with van der Waals surface area (Å²) in [5.74, 6) is -1.06. The third-order valence-corrected chi connectivity index (χ3v) is 4.62. The van der Waals surface area contributed by atoms with Crippen molar-refractivity contribution in [3.8, 4) is 17.2 Å². The molecule has 0 aliphatic carbocycles. The zero-order valence-electron chi connectivity index (χ0n) is 15.9. The molecule has 3 rings (SSSR count). The predicted octanol–water partition coefficient (Wildman–Crippen LogP) is 2.06. The van der Waals surface area contributed by atoms with Gasteiger partial charge in [0.2, 0.25) is 0 Å². The van der Waals surface area contributed by atoms with E-state index in [2.05, 4.69) is 5.32 Å². The largest absolute Gasteiger partial charge is 0.508 e. The molecule has 0 aromatic heterocycles. The number of hydrogen-bond donors (Lipinski definition) is 3. The SMILES string of the molecule is CC(=O)Oc1cccc(C(=O)NC2CCN(C(=O)c3cc(O)cc(O)c3)CC2)c1. The number of nitrogens with zero attached hydrogens (tertiary/aromatic N) is 1. The van der Waals surface area contributed by atoms with Crippen LogP contribution >= 0.6 is 0 Å². The fourth-order valence-corrected chi connectivity index (χ4v) is 3.26. The van der Waals surface area contributed by atoms with Crippen LogP contribution in [0.2, 0.25) is 0 Å². The molecule has 2 aromatic rings. The Bertz CT molecular complexity index is 914. The standard InChI is InChI=1S/C21H22N2O6/c1-13(24)29-19-4-2-3-14(11-19)20(27)22-16-5-7-23(8-6-16)21(28)15-9-17(25)12-18(26)10-15/h2-4,9-12,16,25-26H,5-8H2,1H3,(H,22,27). The summed E-state index contributed by atoms with van der Waals surface area (Å²) in [6.45, 7) is 2.17. The molecule has 2 aromatic carbocycles. The third kappa shape index (κ3) is 5.25. The van der Waals surface area contributed by atoms with E-state index in [0.717, 1.165) is 6.07 Å². The van der Waals surface area contributed by atoms with E-state index in [9.17, 15) is 24.6 Å². The van der Waals surface area contributed by atoms with Crippen LogP contribution in [-0.2, 0) is 4.79 Å². The van der Waals surface area contributed by atoms with E-state index >= 15 is 0 Å². The minimum atomic E-state index is -0.459. The van der Waals surface area contributed by atoms with E-state index in [1.54, 1.807) is 23.1 Å². The van der Waals surface area contributed by atoms with Crippen LogP contribution in [0.15, 0.2) is 42.5 Å². The van der Waals surface area contributed by atoms with Crippen molar-refractivity contribution >= 4 is 17.8 Å². The second kappa shape index (κ2) is 8.64. The number of likely N-dealkylation sites (tertiary alicyclic amines) is 1. The number of nitrogens with one attached hydrogen (secondary N) is 1. The zero-order chi connectivity index (χ0) is 21.0. The Balaban J connectivity index is 1.56. The van der Waals surface area contributed by atoms with Crippen LogP contribution in [0, 0.1) is 0 Å². The number of piperidine rings is 1. The highest BCUT2D eigenvalue weighted by molar-refractivity contribution is 5.96. The lowest BCUT2D eigenvalue weighted by atomic mass is 10.0. The van der Waals surface area contributed by atoms with Crippen LogP contribution < -0.4 is 10.1 Å². The second-order valence-corrected chi connectivity index (χ2v) is 6.90. The maximum Gasteiger partial charge on any atom is 0.308 e.